The van der Waals surface area contributed by atoms with Crippen molar-refractivity contribution in [2.24, 2.45) is 10.4 Å². The van der Waals surface area contributed by atoms with Gasteiger partial charge >= 0.3 is 0 Å². The molecule has 20 heavy (non-hydrogen) atoms. The van der Waals surface area contributed by atoms with Crippen LogP contribution < -0.4 is 4.80 Å². The van der Waals surface area contributed by atoms with Crippen molar-refractivity contribution in [2.75, 3.05) is 0 Å². The monoisotopic (exact) mass is 290 g/mol. The van der Waals surface area contributed by atoms with Gasteiger partial charge in [-0.3, -0.25) is 4.79 Å². The third-order valence-corrected chi connectivity index (χ3v) is 3.78. The molecule has 0 saturated carbocycles. The van der Waals surface area contributed by atoms with E-state index in [1.54, 1.807) is 37.5 Å². The molecule has 1 aromatic carbocycles. The maximum atomic E-state index is 13.9. The van der Waals surface area contributed by atoms with Crippen molar-refractivity contribution in [1.82, 2.24) is 4.57 Å². The molecule has 1 amide bonds. The summed E-state index contributed by atoms with van der Waals surface area (Å²) in [6, 6.07) is 4.79. The number of fused-ring (bicyclic) bond motifs is 1. The van der Waals surface area contributed by atoms with Gasteiger partial charge in [0.2, 0.25) is 0 Å². The summed E-state index contributed by atoms with van der Waals surface area (Å²) in [7, 11) is 0. The van der Waals surface area contributed by atoms with Crippen molar-refractivity contribution < 1.29 is 9.18 Å². The molecule has 0 aliphatic heterocycles. The number of benzene rings is 1. The zero-order valence-electron chi connectivity index (χ0n) is 11.6. The van der Waals surface area contributed by atoms with E-state index in [0.717, 1.165) is 4.70 Å². The van der Waals surface area contributed by atoms with Gasteiger partial charge in [-0.2, -0.15) is 4.99 Å². The highest BCUT2D eigenvalue weighted by Gasteiger charge is 2.21. The highest BCUT2D eigenvalue weighted by molar-refractivity contribution is 7.16. The van der Waals surface area contributed by atoms with Crippen LogP contribution in [0.2, 0.25) is 0 Å². The van der Waals surface area contributed by atoms with E-state index in [2.05, 4.69) is 10.9 Å². The lowest BCUT2D eigenvalue weighted by atomic mass is 9.96. The molecule has 5 heteroatoms. The number of carbonyl (C=O) groups excluding carboxylic acids is 1. The molecule has 3 nitrogen and oxygen atoms in total. The predicted octanol–water partition coefficient (Wildman–Crippen LogP) is 2.95. The molecule has 0 bridgehead atoms. The average molecular weight is 290 g/mol. The Kier molecular flexibility index (Phi) is 3.78. The summed E-state index contributed by atoms with van der Waals surface area (Å²) in [5.41, 5.74) is -0.182. The van der Waals surface area contributed by atoms with Crippen LogP contribution in [0.25, 0.3) is 10.2 Å². The minimum Gasteiger partial charge on any atom is -0.302 e. The van der Waals surface area contributed by atoms with Crippen LogP contribution in [0.5, 0.6) is 0 Å². The summed E-state index contributed by atoms with van der Waals surface area (Å²) < 4.78 is 16.2. The maximum absolute atomic E-state index is 13.9. The lowest BCUT2D eigenvalue weighted by Gasteiger charge is -2.11. The van der Waals surface area contributed by atoms with Crippen LogP contribution >= 0.6 is 11.3 Å². The fourth-order valence-electron chi connectivity index (χ4n) is 1.66. The van der Waals surface area contributed by atoms with Gasteiger partial charge in [0, 0.05) is 5.41 Å². The number of carbonyl (C=O) groups is 1. The van der Waals surface area contributed by atoms with Crippen LogP contribution in [-0.4, -0.2) is 10.5 Å². The lowest BCUT2D eigenvalue weighted by Crippen LogP contribution is -2.23. The van der Waals surface area contributed by atoms with E-state index < -0.39 is 5.41 Å². The zero-order valence-corrected chi connectivity index (χ0v) is 12.4. The highest BCUT2D eigenvalue weighted by Crippen LogP contribution is 2.21. The Morgan fingerprint density at radius 2 is 2.20 bits per heavy atom. The molecular formula is C15H15FN2OS. The van der Waals surface area contributed by atoms with Gasteiger partial charge in [-0.25, -0.2) is 4.39 Å². The normalized spacial score (nSPS) is 12.7. The molecule has 0 fully saturated rings. The molecular weight excluding hydrogens is 275 g/mol. The molecule has 2 rings (SSSR count). The van der Waals surface area contributed by atoms with Gasteiger partial charge in [0.25, 0.3) is 5.91 Å². The minimum absolute atomic E-state index is 0.178. The molecule has 0 N–H and O–H groups in total. The zero-order chi connectivity index (χ0) is 14.9. The lowest BCUT2D eigenvalue weighted by molar-refractivity contribution is -0.125. The molecule has 0 aliphatic carbocycles. The van der Waals surface area contributed by atoms with Crippen molar-refractivity contribution in [2.45, 2.75) is 27.3 Å². The van der Waals surface area contributed by atoms with E-state index in [9.17, 15) is 9.18 Å². The Hall–Kier alpha value is -1.93. The molecule has 104 valence electrons. The molecule has 0 unspecified atom stereocenters. The molecule has 0 radical (unpaired) electrons. The van der Waals surface area contributed by atoms with E-state index in [0.29, 0.717) is 10.3 Å². The molecule has 1 heterocycles. The van der Waals surface area contributed by atoms with Gasteiger partial charge in [0.1, 0.15) is 5.82 Å². The Labute approximate surface area is 120 Å². The van der Waals surface area contributed by atoms with E-state index in [-0.39, 0.29) is 18.3 Å². The number of aromatic nitrogens is 1. The fraction of sp³-hybridized carbons (Fsp3) is 0.333. The van der Waals surface area contributed by atoms with E-state index >= 15 is 0 Å². The van der Waals surface area contributed by atoms with Crippen molar-refractivity contribution in [3.63, 3.8) is 0 Å². The fourth-order valence-corrected chi connectivity index (χ4v) is 2.71. The summed E-state index contributed by atoms with van der Waals surface area (Å²) in [6.07, 6.45) is 5.33. The molecule has 0 aliphatic rings. The minimum atomic E-state index is -0.581. The summed E-state index contributed by atoms with van der Waals surface area (Å²) in [5.74, 6) is 1.86. The molecule has 2 aromatic rings. The standard InChI is InChI=1S/C15H15FN2OS/c1-5-9-18-12-10(16)7-6-8-11(12)20-14(18)17-13(19)15(2,3)4/h1,6-8H,9H2,2-4H3. The van der Waals surface area contributed by atoms with E-state index in [1.807, 2.05) is 0 Å². The Bertz CT molecular complexity index is 772. The topological polar surface area (TPSA) is 34.4 Å². The first kappa shape index (κ1) is 14.5. The van der Waals surface area contributed by atoms with Crippen LogP contribution in [0.4, 0.5) is 4.39 Å². The van der Waals surface area contributed by atoms with E-state index in [4.69, 9.17) is 6.42 Å². The molecule has 0 atom stereocenters. The summed E-state index contributed by atoms with van der Waals surface area (Å²) in [4.78, 5) is 16.6. The summed E-state index contributed by atoms with van der Waals surface area (Å²) >= 11 is 1.26. The average Bonchev–Trinajstić information content (AvgIpc) is 2.68. The highest BCUT2D eigenvalue weighted by atomic mass is 32.1. The third kappa shape index (κ3) is 2.66. The summed E-state index contributed by atoms with van der Waals surface area (Å²) in [5, 5.41) is 0. The van der Waals surface area contributed by atoms with Crippen LogP contribution in [0.15, 0.2) is 23.2 Å². The number of terminal acetylenes is 1. The number of amides is 1. The van der Waals surface area contributed by atoms with Crippen molar-refractivity contribution >= 4 is 27.5 Å². The Morgan fingerprint density at radius 1 is 1.50 bits per heavy atom. The number of hydrogen-bond donors (Lipinski definition) is 0. The van der Waals surface area contributed by atoms with Crippen LogP contribution in [0.1, 0.15) is 20.8 Å². The largest absolute Gasteiger partial charge is 0.302 e. The van der Waals surface area contributed by atoms with Gasteiger partial charge in [0.05, 0.1) is 16.8 Å². The number of rotatable bonds is 1. The number of halogens is 1. The number of hydrogen-bond acceptors (Lipinski definition) is 2. The second-order valence-electron chi connectivity index (χ2n) is 5.43. The van der Waals surface area contributed by atoms with Gasteiger partial charge in [-0.05, 0) is 12.1 Å². The second kappa shape index (κ2) is 5.22. The van der Waals surface area contributed by atoms with Crippen LogP contribution in [0, 0.1) is 23.6 Å². The first-order valence-corrected chi connectivity index (χ1v) is 6.96. The van der Waals surface area contributed by atoms with E-state index in [1.165, 1.54) is 17.4 Å². The first-order chi connectivity index (χ1) is 9.34. The number of para-hydroxylation sites is 1. The van der Waals surface area contributed by atoms with Gasteiger partial charge in [-0.1, -0.05) is 44.1 Å². The van der Waals surface area contributed by atoms with Crippen LogP contribution in [-0.2, 0) is 11.3 Å². The van der Waals surface area contributed by atoms with Gasteiger partial charge in [0.15, 0.2) is 4.80 Å². The van der Waals surface area contributed by atoms with Crippen molar-refractivity contribution in [3.05, 3.63) is 28.8 Å². The Morgan fingerprint density at radius 3 is 2.80 bits per heavy atom. The van der Waals surface area contributed by atoms with Gasteiger partial charge < -0.3 is 4.57 Å². The number of nitrogens with zero attached hydrogens (tertiary/aromatic N) is 2. The maximum Gasteiger partial charge on any atom is 0.253 e. The molecule has 0 saturated heterocycles. The third-order valence-electron chi connectivity index (χ3n) is 2.74. The molecule has 0 spiro atoms. The van der Waals surface area contributed by atoms with Crippen molar-refractivity contribution in [1.29, 1.82) is 0 Å². The Balaban J connectivity index is 2.74. The number of thiazole rings is 1. The second-order valence-corrected chi connectivity index (χ2v) is 6.44. The summed E-state index contributed by atoms with van der Waals surface area (Å²) in [6.45, 7) is 5.55. The van der Waals surface area contributed by atoms with Crippen LogP contribution in [0.3, 0.4) is 0 Å². The smallest absolute Gasteiger partial charge is 0.253 e. The quantitative estimate of drug-likeness (QED) is 0.744. The predicted molar refractivity (Wildman–Crippen MR) is 78.6 cm³/mol. The van der Waals surface area contributed by atoms with Gasteiger partial charge in [-0.15, -0.1) is 6.42 Å². The SMILES string of the molecule is C#CCn1c(=NC(=O)C(C)(C)C)sc2cccc(F)c21. The first-order valence-electron chi connectivity index (χ1n) is 6.15. The van der Waals surface area contributed by atoms with Crippen molar-refractivity contribution in [3.8, 4) is 12.3 Å². The molecule has 1 aromatic heterocycles.